The van der Waals surface area contributed by atoms with Gasteiger partial charge < -0.3 is 4.90 Å². The van der Waals surface area contributed by atoms with Gasteiger partial charge in [-0.3, -0.25) is 10.1 Å². The number of nitrogens with one attached hydrogen (secondary N) is 1. The summed E-state index contributed by atoms with van der Waals surface area (Å²) in [5.74, 6) is -0.670. The van der Waals surface area contributed by atoms with Crippen LogP contribution in [-0.4, -0.2) is 23.4 Å². The van der Waals surface area contributed by atoms with E-state index in [2.05, 4.69) is 21.2 Å². The van der Waals surface area contributed by atoms with Crippen molar-refractivity contribution in [1.29, 1.82) is 0 Å². The molecule has 16 heavy (non-hydrogen) atoms. The SMILES string of the molecule is O=C1CN(Cc2ccc(F)c(Br)c2)C(=O)N1. The lowest BCUT2D eigenvalue weighted by molar-refractivity contribution is -0.118. The standard InChI is InChI=1S/C10H8BrFN2O2/c11-7-3-6(1-2-8(7)12)4-14-5-9(15)13-10(14)16/h1-3H,4-5H2,(H,13,15,16). The van der Waals surface area contributed by atoms with Crippen LogP contribution >= 0.6 is 15.9 Å². The monoisotopic (exact) mass is 286 g/mol. The van der Waals surface area contributed by atoms with Crippen LogP contribution in [0.4, 0.5) is 9.18 Å². The second-order valence-electron chi connectivity index (χ2n) is 3.46. The van der Waals surface area contributed by atoms with Gasteiger partial charge in [-0.15, -0.1) is 0 Å². The van der Waals surface area contributed by atoms with E-state index in [9.17, 15) is 14.0 Å². The fraction of sp³-hybridized carbons (Fsp3) is 0.200. The number of hydrogen-bond donors (Lipinski definition) is 1. The number of halogens is 2. The van der Waals surface area contributed by atoms with Crippen molar-refractivity contribution in [2.75, 3.05) is 6.54 Å². The van der Waals surface area contributed by atoms with Gasteiger partial charge in [-0.05, 0) is 33.6 Å². The van der Waals surface area contributed by atoms with E-state index in [0.29, 0.717) is 4.47 Å². The zero-order valence-electron chi connectivity index (χ0n) is 8.17. The van der Waals surface area contributed by atoms with Crippen molar-refractivity contribution in [3.63, 3.8) is 0 Å². The van der Waals surface area contributed by atoms with Crippen molar-refractivity contribution in [3.8, 4) is 0 Å². The summed E-state index contributed by atoms with van der Waals surface area (Å²) in [5.41, 5.74) is 0.762. The van der Waals surface area contributed by atoms with E-state index >= 15 is 0 Å². The molecule has 1 aliphatic heterocycles. The first-order valence-corrected chi connectivity index (χ1v) is 5.38. The van der Waals surface area contributed by atoms with Crippen LogP contribution in [0.5, 0.6) is 0 Å². The number of nitrogens with zero attached hydrogens (tertiary/aromatic N) is 1. The highest BCUT2D eigenvalue weighted by Crippen LogP contribution is 2.18. The summed E-state index contributed by atoms with van der Waals surface area (Å²) in [6.07, 6.45) is 0. The molecule has 1 aliphatic rings. The first-order valence-electron chi connectivity index (χ1n) is 4.59. The number of hydrogen-bond acceptors (Lipinski definition) is 2. The second-order valence-corrected chi connectivity index (χ2v) is 4.31. The van der Waals surface area contributed by atoms with Gasteiger partial charge in [0.25, 0.3) is 0 Å². The number of carbonyl (C=O) groups excluding carboxylic acids is 2. The van der Waals surface area contributed by atoms with E-state index in [0.717, 1.165) is 5.56 Å². The van der Waals surface area contributed by atoms with Crippen molar-refractivity contribution in [1.82, 2.24) is 10.2 Å². The molecule has 1 fully saturated rings. The molecule has 2 rings (SSSR count). The van der Waals surface area contributed by atoms with Crippen LogP contribution in [0.25, 0.3) is 0 Å². The van der Waals surface area contributed by atoms with E-state index in [1.54, 1.807) is 12.1 Å². The first-order chi connectivity index (χ1) is 7.56. The molecule has 0 saturated carbocycles. The second kappa shape index (κ2) is 4.21. The topological polar surface area (TPSA) is 49.4 Å². The summed E-state index contributed by atoms with van der Waals surface area (Å²) in [4.78, 5) is 23.5. The van der Waals surface area contributed by atoms with Crippen molar-refractivity contribution < 1.29 is 14.0 Å². The predicted molar refractivity (Wildman–Crippen MR) is 58.0 cm³/mol. The van der Waals surface area contributed by atoms with Gasteiger partial charge >= 0.3 is 6.03 Å². The van der Waals surface area contributed by atoms with Crippen molar-refractivity contribution in [2.45, 2.75) is 6.54 Å². The van der Waals surface area contributed by atoms with Crippen LogP contribution in [-0.2, 0) is 11.3 Å². The van der Waals surface area contributed by atoms with Crippen LogP contribution in [0, 0.1) is 5.82 Å². The molecule has 0 bridgehead atoms. The van der Waals surface area contributed by atoms with Crippen LogP contribution in [0.2, 0.25) is 0 Å². The fourth-order valence-electron chi connectivity index (χ4n) is 1.47. The normalized spacial score (nSPS) is 15.5. The number of benzene rings is 1. The zero-order chi connectivity index (χ0) is 11.7. The Morgan fingerprint density at radius 1 is 1.44 bits per heavy atom. The number of amides is 3. The third kappa shape index (κ3) is 2.21. The molecule has 1 saturated heterocycles. The number of urea groups is 1. The summed E-state index contributed by atoms with van der Waals surface area (Å²) in [7, 11) is 0. The molecule has 0 radical (unpaired) electrons. The van der Waals surface area contributed by atoms with Gasteiger partial charge in [0.1, 0.15) is 12.4 Å². The van der Waals surface area contributed by atoms with Gasteiger partial charge in [0.2, 0.25) is 5.91 Å². The minimum atomic E-state index is -0.412. The van der Waals surface area contributed by atoms with Gasteiger partial charge in [-0.25, -0.2) is 9.18 Å². The molecule has 1 aromatic carbocycles. The zero-order valence-corrected chi connectivity index (χ0v) is 9.75. The quantitative estimate of drug-likeness (QED) is 0.841. The largest absolute Gasteiger partial charge is 0.324 e. The Labute approximate surface area is 99.6 Å². The number of rotatable bonds is 2. The molecule has 84 valence electrons. The summed E-state index contributed by atoms with van der Waals surface area (Å²) >= 11 is 3.06. The molecule has 0 atom stereocenters. The molecule has 6 heteroatoms. The average Bonchev–Trinajstić information content (AvgIpc) is 2.51. The Balaban J connectivity index is 2.12. The van der Waals surface area contributed by atoms with Gasteiger partial charge in [0.05, 0.1) is 4.47 Å². The van der Waals surface area contributed by atoms with Crippen LogP contribution < -0.4 is 5.32 Å². The van der Waals surface area contributed by atoms with Gasteiger partial charge in [-0.2, -0.15) is 0 Å². The highest BCUT2D eigenvalue weighted by molar-refractivity contribution is 9.10. The molecule has 0 aromatic heterocycles. The van der Waals surface area contributed by atoms with E-state index < -0.39 is 6.03 Å². The van der Waals surface area contributed by atoms with E-state index in [-0.39, 0.29) is 24.8 Å². The van der Waals surface area contributed by atoms with Crippen molar-refractivity contribution in [3.05, 3.63) is 34.1 Å². The maximum absolute atomic E-state index is 13.0. The first kappa shape index (κ1) is 11.1. The minimum Gasteiger partial charge on any atom is -0.311 e. The Morgan fingerprint density at radius 2 is 2.19 bits per heavy atom. The molecule has 0 unspecified atom stereocenters. The molecule has 1 N–H and O–H groups in total. The maximum atomic E-state index is 13.0. The molecule has 1 aromatic rings. The maximum Gasteiger partial charge on any atom is 0.324 e. The van der Waals surface area contributed by atoms with Crippen LogP contribution in [0.3, 0.4) is 0 Å². The summed E-state index contributed by atoms with van der Waals surface area (Å²) in [6, 6.07) is 4.07. The van der Waals surface area contributed by atoms with Gasteiger partial charge in [0.15, 0.2) is 0 Å². The lowest BCUT2D eigenvalue weighted by Crippen LogP contribution is -2.27. The molecule has 3 amide bonds. The molecular weight excluding hydrogens is 279 g/mol. The summed E-state index contributed by atoms with van der Waals surface area (Å²) < 4.78 is 13.3. The minimum absolute atomic E-state index is 0.0494. The number of carbonyl (C=O) groups is 2. The molecule has 0 aliphatic carbocycles. The van der Waals surface area contributed by atoms with Crippen LogP contribution in [0.15, 0.2) is 22.7 Å². The molecule has 0 spiro atoms. The van der Waals surface area contributed by atoms with Gasteiger partial charge in [0, 0.05) is 6.54 Å². The van der Waals surface area contributed by atoms with Crippen molar-refractivity contribution >= 4 is 27.9 Å². The van der Waals surface area contributed by atoms with E-state index in [1.165, 1.54) is 11.0 Å². The Bertz CT molecular complexity index is 464. The highest BCUT2D eigenvalue weighted by atomic mass is 79.9. The molecule has 1 heterocycles. The Kier molecular flexibility index (Phi) is 2.91. The Hall–Kier alpha value is -1.43. The highest BCUT2D eigenvalue weighted by Gasteiger charge is 2.26. The van der Waals surface area contributed by atoms with Crippen molar-refractivity contribution in [2.24, 2.45) is 0 Å². The van der Waals surface area contributed by atoms with E-state index in [1.807, 2.05) is 0 Å². The van der Waals surface area contributed by atoms with E-state index in [4.69, 9.17) is 0 Å². The van der Waals surface area contributed by atoms with Crippen LogP contribution in [0.1, 0.15) is 5.56 Å². The smallest absolute Gasteiger partial charge is 0.311 e. The lowest BCUT2D eigenvalue weighted by atomic mass is 10.2. The average molecular weight is 287 g/mol. The third-order valence-corrected chi connectivity index (χ3v) is 2.83. The lowest BCUT2D eigenvalue weighted by Gasteiger charge is -2.13. The molecular formula is C10H8BrFN2O2. The fourth-order valence-corrected chi connectivity index (χ4v) is 1.90. The predicted octanol–water partition coefficient (Wildman–Crippen LogP) is 1.64. The molecule has 4 nitrogen and oxygen atoms in total. The van der Waals surface area contributed by atoms with Gasteiger partial charge in [-0.1, -0.05) is 6.07 Å². The summed E-state index contributed by atoms with van der Waals surface area (Å²) in [5, 5.41) is 2.18. The third-order valence-electron chi connectivity index (χ3n) is 2.23. The summed E-state index contributed by atoms with van der Waals surface area (Å²) in [6.45, 7) is 0.338. The Morgan fingerprint density at radius 3 is 2.75 bits per heavy atom. The number of imide groups is 1.